The number of hydrogen-bond donors (Lipinski definition) is 1. The van der Waals surface area contributed by atoms with Crippen LogP contribution in [0, 0.1) is 0 Å². The SMILES string of the molecule is COC(=O)CC(C)N1CCC(N)C1. The topological polar surface area (TPSA) is 55.6 Å². The van der Waals surface area contributed by atoms with Gasteiger partial charge in [-0.25, -0.2) is 0 Å². The smallest absolute Gasteiger partial charge is 0.307 e. The highest BCUT2D eigenvalue weighted by atomic mass is 16.5. The summed E-state index contributed by atoms with van der Waals surface area (Å²) in [7, 11) is 1.42. The minimum atomic E-state index is -0.145. The maximum Gasteiger partial charge on any atom is 0.307 e. The van der Waals surface area contributed by atoms with Crippen molar-refractivity contribution in [3.05, 3.63) is 0 Å². The van der Waals surface area contributed by atoms with Gasteiger partial charge in [-0.3, -0.25) is 9.69 Å². The van der Waals surface area contributed by atoms with Crippen LogP contribution in [0.3, 0.4) is 0 Å². The maximum atomic E-state index is 11.0. The molecule has 4 heteroatoms. The van der Waals surface area contributed by atoms with Gasteiger partial charge in [0.2, 0.25) is 0 Å². The van der Waals surface area contributed by atoms with Crippen LogP contribution in [0.4, 0.5) is 0 Å². The van der Waals surface area contributed by atoms with E-state index in [1.807, 2.05) is 6.92 Å². The molecule has 2 atom stereocenters. The highest BCUT2D eigenvalue weighted by Crippen LogP contribution is 2.13. The highest BCUT2D eigenvalue weighted by molar-refractivity contribution is 5.69. The molecule has 0 spiro atoms. The Balaban J connectivity index is 2.31. The zero-order chi connectivity index (χ0) is 9.84. The molecule has 0 aromatic heterocycles. The lowest BCUT2D eigenvalue weighted by molar-refractivity contribution is -0.141. The summed E-state index contributed by atoms with van der Waals surface area (Å²) in [6.45, 7) is 3.94. The molecule has 0 saturated carbocycles. The molecule has 13 heavy (non-hydrogen) atoms. The second-order valence-corrected chi connectivity index (χ2v) is 3.67. The lowest BCUT2D eigenvalue weighted by atomic mass is 10.2. The summed E-state index contributed by atoms with van der Waals surface area (Å²) in [5.74, 6) is -0.145. The molecule has 1 aliphatic rings. The van der Waals surface area contributed by atoms with Crippen molar-refractivity contribution in [1.29, 1.82) is 0 Å². The highest BCUT2D eigenvalue weighted by Gasteiger charge is 2.24. The molecule has 1 saturated heterocycles. The Morgan fingerprint density at radius 3 is 2.92 bits per heavy atom. The van der Waals surface area contributed by atoms with Crippen LogP contribution in [-0.2, 0) is 9.53 Å². The third-order valence-corrected chi connectivity index (χ3v) is 2.57. The molecule has 4 nitrogen and oxygen atoms in total. The van der Waals surface area contributed by atoms with Gasteiger partial charge in [0.25, 0.3) is 0 Å². The third kappa shape index (κ3) is 2.97. The van der Waals surface area contributed by atoms with Crippen molar-refractivity contribution in [2.75, 3.05) is 20.2 Å². The first kappa shape index (κ1) is 10.5. The van der Waals surface area contributed by atoms with Gasteiger partial charge in [0.15, 0.2) is 0 Å². The Bertz CT molecular complexity index is 184. The van der Waals surface area contributed by atoms with Crippen molar-refractivity contribution in [3.8, 4) is 0 Å². The molecule has 1 rings (SSSR count). The standard InChI is InChI=1S/C9H18N2O2/c1-7(5-9(12)13-2)11-4-3-8(10)6-11/h7-8H,3-6,10H2,1-2H3. The summed E-state index contributed by atoms with van der Waals surface area (Å²) >= 11 is 0. The average molecular weight is 186 g/mol. The molecular formula is C9H18N2O2. The predicted octanol–water partition coefficient (Wildman–Crippen LogP) is -0.0290. The Hall–Kier alpha value is -0.610. The molecule has 1 fully saturated rings. The van der Waals surface area contributed by atoms with E-state index in [1.165, 1.54) is 7.11 Å². The molecule has 76 valence electrons. The summed E-state index contributed by atoms with van der Waals surface area (Å²) in [5.41, 5.74) is 5.77. The fourth-order valence-corrected chi connectivity index (χ4v) is 1.67. The number of likely N-dealkylation sites (tertiary alicyclic amines) is 1. The summed E-state index contributed by atoms with van der Waals surface area (Å²) in [4.78, 5) is 13.2. The Labute approximate surface area is 79.0 Å². The van der Waals surface area contributed by atoms with Gasteiger partial charge in [0.05, 0.1) is 13.5 Å². The van der Waals surface area contributed by atoms with Gasteiger partial charge in [-0.2, -0.15) is 0 Å². The van der Waals surface area contributed by atoms with Gasteiger partial charge >= 0.3 is 5.97 Å². The number of rotatable bonds is 3. The first-order valence-corrected chi connectivity index (χ1v) is 4.70. The monoisotopic (exact) mass is 186 g/mol. The number of esters is 1. The second-order valence-electron chi connectivity index (χ2n) is 3.67. The van der Waals surface area contributed by atoms with Crippen molar-refractivity contribution in [1.82, 2.24) is 4.90 Å². The molecule has 0 radical (unpaired) electrons. The van der Waals surface area contributed by atoms with Gasteiger partial charge in [0.1, 0.15) is 0 Å². The van der Waals surface area contributed by atoms with E-state index in [2.05, 4.69) is 9.64 Å². The zero-order valence-corrected chi connectivity index (χ0v) is 8.32. The molecule has 2 unspecified atom stereocenters. The van der Waals surface area contributed by atoms with Crippen LogP contribution in [0.1, 0.15) is 19.8 Å². The van der Waals surface area contributed by atoms with Crippen molar-refractivity contribution in [2.24, 2.45) is 5.73 Å². The van der Waals surface area contributed by atoms with Crippen molar-refractivity contribution in [2.45, 2.75) is 31.8 Å². The molecular weight excluding hydrogens is 168 g/mol. The summed E-state index contributed by atoms with van der Waals surface area (Å²) in [6.07, 6.45) is 1.49. The zero-order valence-electron chi connectivity index (χ0n) is 8.32. The van der Waals surface area contributed by atoms with Crippen molar-refractivity contribution >= 4 is 5.97 Å². The van der Waals surface area contributed by atoms with Crippen LogP contribution in [0.5, 0.6) is 0 Å². The molecule has 0 aliphatic carbocycles. The first-order chi connectivity index (χ1) is 6.13. The number of hydrogen-bond acceptors (Lipinski definition) is 4. The van der Waals surface area contributed by atoms with E-state index in [9.17, 15) is 4.79 Å². The van der Waals surface area contributed by atoms with Crippen LogP contribution >= 0.6 is 0 Å². The fourth-order valence-electron chi connectivity index (χ4n) is 1.67. The number of carbonyl (C=O) groups is 1. The van der Waals surface area contributed by atoms with Gasteiger partial charge in [0, 0.05) is 25.2 Å². The van der Waals surface area contributed by atoms with Crippen molar-refractivity contribution in [3.63, 3.8) is 0 Å². The Kier molecular flexibility index (Phi) is 3.69. The molecule has 0 amide bonds. The predicted molar refractivity (Wildman–Crippen MR) is 50.3 cm³/mol. The quantitative estimate of drug-likeness (QED) is 0.629. The number of nitrogens with two attached hydrogens (primary N) is 1. The van der Waals surface area contributed by atoms with E-state index in [0.29, 0.717) is 6.42 Å². The largest absolute Gasteiger partial charge is 0.469 e. The summed E-state index contributed by atoms with van der Waals surface area (Å²) in [5, 5.41) is 0. The molecule has 1 heterocycles. The van der Waals surface area contributed by atoms with E-state index in [0.717, 1.165) is 19.5 Å². The number of carbonyl (C=O) groups excluding carboxylic acids is 1. The lowest BCUT2D eigenvalue weighted by Crippen LogP contribution is -2.35. The van der Waals surface area contributed by atoms with E-state index in [4.69, 9.17) is 5.73 Å². The molecule has 0 aromatic carbocycles. The van der Waals surface area contributed by atoms with Crippen LogP contribution in [0.2, 0.25) is 0 Å². The Morgan fingerprint density at radius 2 is 2.46 bits per heavy atom. The van der Waals surface area contributed by atoms with Crippen LogP contribution < -0.4 is 5.73 Å². The van der Waals surface area contributed by atoms with Gasteiger partial charge in [-0.1, -0.05) is 0 Å². The molecule has 0 bridgehead atoms. The third-order valence-electron chi connectivity index (χ3n) is 2.57. The second kappa shape index (κ2) is 4.58. The molecule has 0 aromatic rings. The first-order valence-electron chi connectivity index (χ1n) is 4.70. The van der Waals surface area contributed by atoms with Gasteiger partial charge < -0.3 is 10.5 Å². The summed E-state index contributed by atoms with van der Waals surface area (Å²) in [6, 6.07) is 0.529. The minimum absolute atomic E-state index is 0.145. The number of methoxy groups -OCH3 is 1. The fraction of sp³-hybridized carbons (Fsp3) is 0.889. The number of nitrogens with zero attached hydrogens (tertiary/aromatic N) is 1. The maximum absolute atomic E-state index is 11.0. The minimum Gasteiger partial charge on any atom is -0.469 e. The van der Waals surface area contributed by atoms with Crippen LogP contribution in [0.25, 0.3) is 0 Å². The molecule has 2 N–H and O–H groups in total. The van der Waals surface area contributed by atoms with E-state index in [-0.39, 0.29) is 18.1 Å². The van der Waals surface area contributed by atoms with Gasteiger partial charge in [-0.05, 0) is 13.3 Å². The van der Waals surface area contributed by atoms with Crippen LogP contribution in [0.15, 0.2) is 0 Å². The van der Waals surface area contributed by atoms with Crippen molar-refractivity contribution < 1.29 is 9.53 Å². The van der Waals surface area contributed by atoms with E-state index >= 15 is 0 Å². The summed E-state index contributed by atoms with van der Waals surface area (Å²) < 4.78 is 4.61. The van der Waals surface area contributed by atoms with Gasteiger partial charge in [-0.15, -0.1) is 0 Å². The average Bonchev–Trinajstić information content (AvgIpc) is 2.51. The number of ether oxygens (including phenoxy) is 1. The van der Waals surface area contributed by atoms with E-state index < -0.39 is 0 Å². The normalized spacial score (nSPS) is 25.9. The lowest BCUT2D eigenvalue weighted by Gasteiger charge is -2.22. The molecule has 1 aliphatic heterocycles. The van der Waals surface area contributed by atoms with Crippen LogP contribution in [-0.4, -0.2) is 43.2 Å². The Morgan fingerprint density at radius 1 is 1.77 bits per heavy atom. The van der Waals surface area contributed by atoms with E-state index in [1.54, 1.807) is 0 Å².